The van der Waals surface area contributed by atoms with Crippen molar-refractivity contribution in [3.63, 3.8) is 0 Å². The fourth-order valence-electron chi connectivity index (χ4n) is 2.15. The lowest BCUT2D eigenvalue weighted by Gasteiger charge is -2.24. The first kappa shape index (κ1) is 17.3. The van der Waals surface area contributed by atoms with E-state index in [4.69, 9.17) is 5.11 Å². The minimum absolute atomic E-state index is 0.123. The minimum atomic E-state index is -4.90. The highest BCUT2D eigenvalue weighted by Gasteiger charge is 2.43. The number of carboxylic acid groups (broad SMARTS) is 1. The number of hydrogen-bond donors (Lipinski definition) is 2. The van der Waals surface area contributed by atoms with Crippen LogP contribution in [0, 0.1) is 0 Å². The number of rotatable bonds is 7. The van der Waals surface area contributed by atoms with Gasteiger partial charge in [0.25, 0.3) is 0 Å². The van der Waals surface area contributed by atoms with E-state index in [1.807, 2.05) is 0 Å². The molecule has 0 aromatic heterocycles. The number of nitrogens with one attached hydrogen (secondary N) is 1. The standard InChI is InChI=1S/C11H17FN2O6S/c1-2-13-9(15)4-3-8(11(17)18)14-6-7(5-10(14)16)21(12,19)20/h7-8H,2-6H2,1H3,(H,13,15)(H,17,18)/t7?,8-/m0/s1. The smallest absolute Gasteiger partial charge is 0.326 e. The van der Waals surface area contributed by atoms with Crippen LogP contribution < -0.4 is 5.32 Å². The molecule has 1 aliphatic rings. The molecule has 0 bridgehead atoms. The lowest BCUT2D eigenvalue weighted by molar-refractivity contribution is -0.148. The summed E-state index contributed by atoms with van der Waals surface area (Å²) in [4.78, 5) is 35.0. The Morgan fingerprint density at radius 1 is 1.52 bits per heavy atom. The summed E-state index contributed by atoms with van der Waals surface area (Å²) in [6.07, 6.45) is -0.864. The molecule has 1 fully saturated rings. The maximum atomic E-state index is 12.9. The Balaban J connectivity index is 2.75. The number of carboxylic acids is 1. The van der Waals surface area contributed by atoms with Crippen molar-refractivity contribution in [2.45, 2.75) is 37.5 Å². The zero-order valence-corrected chi connectivity index (χ0v) is 12.2. The Morgan fingerprint density at radius 2 is 2.14 bits per heavy atom. The van der Waals surface area contributed by atoms with Gasteiger partial charge in [0.05, 0.1) is 0 Å². The molecule has 2 N–H and O–H groups in total. The average Bonchev–Trinajstić information content (AvgIpc) is 2.72. The average molecular weight is 324 g/mol. The summed E-state index contributed by atoms with van der Waals surface area (Å²) in [5, 5.41) is 10.1. The van der Waals surface area contributed by atoms with Gasteiger partial charge in [-0.1, -0.05) is 0 Å². The molecule has 10 heteroatoms. The number of hydrogen-bond acceptors (Lipinski definition) is 5. The van der Waals surface area contributed by atoms with Gasteiger partial charge in [-0.15, -0.1) is 3.89 Å². The van der Waals surface area contributed by atoms with Crippen LogP contribution >= 0.6 is 0 Å². The molecule has 8 nitrogen and oxygen atoms in total. The Bertz CT molecular complexity index is 535. The van der Waals surface area contributed by atoms with Gasteiger partial charge < -0.3 is 15.3 Å². The molecule has 1 heterocycles. The Kier molecular flexibility index (Phi) is 5.64. The van der Waals surface area contributed by atoms with E-state index in [0.29, 0.717) is 6.54 Å². The van der Waals surface area contributed by atoms with Crippen molar-refractivity contribution in [3.05, 3.63) is 0 Å². The Morgan fingerprint density at radius 3 is 2.57 bits per heavy atom. The Labute approximate surface area is 121 Å². The highest BCUT2D eigenvalue weighted by Crippen LogP contribution is 2.23. The van der Waals surface area contributed by atoms with E-state index in [-0.39, 0.29) is 18.7 Å². The third-order valence-electron chi connectivity index (χ3n) is 3.20. The van der Waals surface area contributed by atoms with E-state index in [0.717, 1.165) is 4.90 Å². The van der Waals surface area contributed by atoms with Crippen molar-refractivity contribution in [2.75, 3.05) is 13.1 Å². The first-order valence-electron chi connectivity index (χ1n) is 6.39. The fraction of sp³-hybridized carbons (Fsp3) is 0.727. The molecule has 120 valence electrons. The zero-order valence-electron chi connectivity index (χ0n) is 11.4. The normalized spacial score (nSPS) is 20.4. The van der Waals surface area contributed by atoms with Crippen LogP contribution in [-0.2, 0) is 24.6 Å². The third kappa shape index (κ3) is 4.66. The number of amides is 2. The van der Waals surface area contributed by atoms with Crippen LogP contribution in [0.15, 0.2) is 0 Å². The van der Waals surface area contributed by atoms with Gasteiger partial charge in [0.15, 0.2) is 0 Å². The summed E-state index contributed by atoms with van der Waals surface area (Å²) in [7, 11) is -4.90. The topological polar surface area (TPSA) is 121 Å². The van der Waals surface area contributed by atoms with Crippen molar-refractivity contribution in [2.24, 2.45) is 0 Å². The van der Waals surface area contributed by atoms with E-state index in [9.17, 15) is 26.7 Å². The molecule has 21 heavy (non-hydrogen) atoms. The van der Waals surface area contributed by atoms with Crippen molar-refractivity contribution in [1.29, 1.82) is 0 Å². The van der Waals surface area contributed by atoms with Gasteiger partial charge in [0, 0.05) is 25.9 Å². The molecular weight excluding hydrogens is 307 g/mol. The number of carbonyl (C=O) groups excluding carboxylic acids is 2. The summed E-state index contributed by atoms with van der Waals surface area (Å²) in [5.41, 5.74) is 0. The second kappa shape index (κ2) is 6.83. The number of carbonyl (C=O) groups is 3. The van der Waals surface area contributed by atoms with Crippen LogP contribution in [0.4, 0.5) is 3.89 Å². The predicted molar refractivity (Wildman–Crippen MR) is 69.5 cm³/mol. The summed E-state index contributed by atoms with van der Waals surface area (Å²) >= 11 is 0. The molecule has 1 rings (SSSR count). The van der Waals surface area contributed by atoms with E-state index in [1.54, 1.807) is 6.92 Å². The highest BCUT2D eigenvalue weighted by atomic mass is 32.3. The second-order valence-corrected chi connectivity index (χ2v) is 6.31. The van der Waals surface area contributed by atoms with Crippen LogP contribution in [0.25, 0.3) is 0 Å². The summed E-state index contributed by atoms with van der Waals surface area (Å²) in [5.74, 6) is -2.47. The van der Waals surface area contributed by atoms with Crippen LogP contribution in [-0.4, -0.2) is 60.6 Å². The summed E-state index contributed by atoms with van der Waals surface area (Å²) in [6.45, 7) is 1.58. The van der Waals surface area contributed by atoms with E-state index < -0.39 is 46.4 Å². The van der Waals surface area contributed by atoms with E-state index in [2.05, 4.69) is 5.32 Å². The number of halogens is 1. The molecule has 1 saturated heterocycles. The van der Waals surface area contributed by atoms with Gasteiger partial charge in [-0.3, -0.25) is 9.59 Å². The van der Waals surface area contributed by atoms with E-state index >= 15 is 0 Å². The first-order valence-corrected chi connectivity index (χ1v) is 7.84. The lowest BCUT2D eigenvalue weighted by atomic mass is 10.1. The molecule has 1 aliphatic heterocycles. The largest absolute Gasteiger partial charge is 0.480 e. The SMILES string of the molecule is CCNC(=O)CC[C@@H](C(=O)O)N1CC(S(=O)(=O)F)CC1=O. The summed E-state index contributed by atoms with van der Waals surface area (Å²) < 4.78 is 34.5. The third-order valence-corrected chi connectivity index (χ3v) is 4.31. The monoisotopic (exact) mass is 324 g/mol. The molecule has 0 radical (unpaired) electrons. The summed E-state index contributed by atoms with van der Waals surface area (Å²) in [6, 6.07) is -1.34. The minimum Gasteiger partial charge on any atom is -0.480 e. The van der Waals surface area contributed by atoms with Crippen molar-refractivity contribution in [1.82, 2.24) is 10.2 Å². The molecule has 0 spiro atoms. The molecule has 0 aliphatic carbocycles. The van der Waals surface area contributed by atoms with Crippen LogP contribution in [0.3, 0.4) is 0 Å². The molecule has 0 saturated carbocycles. The van der Waals surface area contributed by atoms with Crippen molar-refractivity contribution in [3.8, 4) is 0 Å². The molecule has 1 unspecified atom stereocenters. The lowest BCUT2D eigenvalue weighted by Crippen LogP contribution is -2.43. The van der Waals surface area contributed by atoms with Gasteiger partial charge >= 0.3 is 16.2 Å². The van der Waals surface area contributed by atoms with Gasteiger partial charge in [0.2, 0.25) is 11.8 Å². The molecular formula is C11H17FN2O6S. The number of likely N-dealkylation sites (tertiary alicyclic amines) is 1. The van der Waals surface area contributed by atoms with Gasteiger partial charge in [-0.25, -0.2) is 4.79 Å². The maximum Gasteiger partial charge on any atom is 0.326 e. The van der Waals surface area contributed by atoms with Crippen LogP contribution in [0.1, 0.15) is 26.2 Å². The quantitative estimate of drug-likeness (QED) is 0.595. The van der Waals surface area contributed by atoms with Gasteiger partial charge in [0.1, 0.15) is 11.3 Å². The maximum absolute atomic E-state index is 12.9. The van der Waals surface area contributed by atoms with Crippen molar-refractivity contribution >= 4 is 28.0 Å². The van der Waals surface area contributed by atoms with Gasteiger partial charge in [-0.2, -0.15) is 8.42 Å². The van der Waals surface area contributed by atoms with Crippen LogP contribution in [0.5, 0.6) is 0 Å². The van der Waals surface area contributed by atoms with Crippen molar-refractivity contribution < 1.29 is 31.8 Å². The molecule has 0 aromatic carbocycles. The first-order chi connectivity index (χ1) is 9.66. The molecule has 2 atom stereocenters. The fourth-order valence-corrected chi connectivity index (χ4v) is 2.83. The van der Waals surface area contributed by atoms with E-state index in [1.165, 1.54) is 0 Å². The van der Waals surface area contributed by atoms with Crippen LogP contribution in [0.2, 0.25) is 0 Å². The zero-order chi connectivity index (χ0) is 16.2. The highest BCUT2D eigenvalue weighted by molar-refractivity contribution is 7.87. The number of nitrogens with zero attached hydrogens (tertiary/aromatic N) is 1. The molecule has 0 aromatic rings. The van der Waals surface area contributed by atoms with Gasteiger partial charge in [-0.05, 0) is 13.3 Å². The number of aliphatic carboxylic acids is 1. The second-order valence-electron chi connectivity index (χ2n) is 4.69. The predicted octanol–water partition coefficient (Wildman–Crippen LogP) is -0.744. The Hall–Kier alpha value is -1.71. The molecule has 2 amide bonds.